The molecule has 2 aromatic rings. The maximum absolute atomic E-state index is 14.0. The summed E-state index contributed by atoms with van der Waals surface area (Å²) in [5.41, 5.74) is 7.37. The Bertz CT molecular complexity index is 829. The number of aromatic amines is 1. The van der Waals surface area contributed by atoms with Crippen molar-refractivity contribution in [1.29, 1.82) is 0 Å². The molecule has 4 nitrogen and oxygen atoms in total. The summed E-state index contributed by atoms with van der Waals surface area (Å²) < 4.78 is 65.7. The lowest BCUT2D eigenvalue weighted by Crippen LogP contribution is -2.44. The van der Waals surface area contributed by atoms with Crippen LogP contribution in [0.1, 0.15) is 34.4 Å². The minimum absolute atomic E-state index is 0.0369. The summed E-state index contributed by atoms with van der Waals surface area (Å²) in [6.45, 7) is 0.661. The Morgan fingerprint density at radius 2 is 2.00 bits per heavy atom. The molecule has 10 heteroatoms. The van der Waals surface area contributed by atoms with Crippen LogP contribution in [-0.2, 0) is 19.3 Å². The Morgan fingerprint density at radius 3 is 2.67 bits per heavy atom. The van der Waals surface area contributed by atoms with Crippen molar-refractivity contribution in [3.63, 3.8) is 0 Å². The normalized spacial score (nSPS) is 26.4. The van der Waals surface area contributed by atoms with Crippen LogP contribution in [0.25, 0.3) is 0 Å². The SMILES string of the molecule is N[C@H]1C[C@@H](N2Cc3nc(C(F)(F)F)[nH]c3C2)CSC1c1cc(F)ccc1F. The number of hydrogen-bond acceptors (Lipinski definition) is 4. The summed E-state index contributed by atoms with van der Waals surface area (Å²) in [6.07, 6.45) is -3.94. The summed E-state index contributed by atoms with van der Waals surface area (Å²) >= 11 is 1.45. The standard InChI is InChI=1S/C17H17F5N4S/c18-8-1-2-11(19)10(3-8)15-12(23)4-9(7-27-15)26-5-13-14(6-26)25-16(24-13)17(20,21)22/h1-3,9,12,15H,4-7,23H2,(H,24,25)/t9-,12+,15?/m1/s1. The second-order valence-electron chi connectivity index (χ2n) is 6.89. The van der Waals surface area contributed by atoms with E-state index in [1.807, 2.05) is 4.90 Å². The fraction of sp³-hybridized carbons (Fsp3) is 0.471. The lowest BCUT2D eigenvalue weighted by Gasteiger charge is -2.38. The largest absolute Gasteiger partial charge is 0.449 e. The average molecular weight is 404 g/mol. The number of nitrogens with one attached hydrogen (secondary N) is 1. The molecule has 0 bridgehead atoms. The molecule has 0 saturated carbocycles. The van der Waals surface area contributed by atoms with Gasteiger partial charge in [-0.2, -0.15) is 24.9 Å². The summed E-state index contributed by atoms with van der Waals surface area (Å²) in [5, 5.41) is -0.354. The van der Waals surface area contributed by atoms with Gasteiger partial charge in [-0.05, 0) is 24.6 Å². The Kier molecular flexibility index (Phi) is 4.68. The summed E-state index contributed by atoms with van der Waals surface area (Å²) in [4.78, 5) is 8.04. The van der Waals surface area contributed by atoms with Crippen LogP contribution in [0.2, 0.25) is 0 Å². The smallest absolute Gasteiger partial charge is 0.337 e. The lowest BCUT2D eigenvalue weighted by atomic mass is 9.98. The number of fused-ring (bicyclic) bond motifs is 1. The van der Waals surface area contributed by atoms with E-state index in [2.05, 4.69) is 9.97 Å². The predicted octanol–water partition coefficient (Wildman–Crippen LogP) is 3.60. The van der Waals surface area contributed by atoms with E-state index in [-0.39, 0.29) is 22.9 Å². The van der Waals surface area contributed by atoms with E-state index in [0.717, 1.165) is 12.1 Å². The zero-order valence-corrected chi connectivity index (χ0v) is 14.9. The van der Waals surface area contributed by atoms with E-state index in [9.17, 15) is 22.0 Å². The molecule has 0 spiro atoms. The minimum Gasteiger partial charge on any atom is -0.337 e. The highest BCUT2D eigenvalue weighted by Gasteiger charge is 2.40. The fourth-order valence-corrected chi connectivity index (χ4v) is 5.20. The van der Waals surface area contributed by atoms with Gasteiger partial charge in [-0.3, -0.25) is 4.90 Å². The van der Waals surface area contributed by atoms with Crippen molar-refractivity contribution >= 4 is 11.8 Å². The molecule has 3 N–H and O–H groups in total. The molecule has 27 heavy (non-hydrogen) atoms. The molecule has 1 unspecified atom stereocenters. The predicted molar refractivity (Wildman–Crippen MR) is 90.8 cm³/mol. The molecular weight excluding hydrogens is 387 g/mol. The van der Waals surface area contributed by atoms with Crippen LogP contribution in [0.5, 0.6) is 0 Å². The highest BCUT2D eigenvalue weighted by Crippen LogP contribution is 2.42. The molecular formula is C17H17F5N4S. The number of aromatic nitrogens is 2. The van der Waals surface area contributed by atoms with Crippen molar-refractivity contribution < 1.29 is 22.0 Å². The van der Waals surface area contributed by atoms with Crippen LogP contribution in [0.15, 0.2) is 18.2 Å². The van der Waals surface area contributed by atoms with Gasteiger partial charge in [0.1, 0.15) is 11.6 Å². The number of nitrogens with two attached hydrogens (primary N) is 1. The van der Waals surface area contributed by atoms with E-state index < -0.39 is 23.6 Å². The van der Waals surface area contributed by atoms with Gasteiger partial charge in [-0.1, -0.05) is 0 Å². The van der Waals surface area contributed by atoms with Gasteiger partial charge in [-0.25, -0.2) is 13.8 Å². The van der Waals surface area contributed by atoms with Gasteiger partial charge in [-0.15, -0.1) is 0 Å². The first-order valence-corrected chi connectivity index (χ1v) is 9.48. The number of halogens is 5. The monoisotopic (exact) mass is 404 g/mol. The van der Waals surface area contributed by atoms with Gasteiger partial charge in [0.05, 0.1) is 11.4 Å². The number of rotatable bonds is 2. The quantitative estimate of drug-likeness (QED) is 0.751. The molecule has 146 valence electrons. The molecule has 2 aliphatic rings. The molecule has 3 atom stereocenters. The molecule has 1 aromatic carbocycles. The number of H-pyrrole nitrogens is 1. The Morgan fingerprint density at radius 1 is 1.22 bits per heavy atom. The molecule has 1 saturated heterocycles. The number of thioether (sulfide) groups is 1. The summed E-state index contributed by atoms with van der Waals surface area (Å²) in [6, 6.07) is 3.00. The van der Waals surface area contributed by atoms with Crippen LogP contribution in [0.3, 0.4) is 0 Å². The third kappa shape index (κ3) is 3.57. The molecule has 1 aromatic heterocycles. The zero-order valence-electron chi connectivity index (χ0n) is 14.1. The van der Waals surface area contributed by atoms with Crippen molar-refractivity contribution in [3.05, 3.63) is 52.6 Å². The summed E-state index contributed by atoms with van der Waals surface area (Å²) in [5.74, 6) is -1.33. The van der Waals surface area contributed by atoms with Crippen molar-refractivity contribution in [2.45, 2.75) is 43.0 Å². The third-order valence-electron chi connectivity index (χ3n) is 5.03. The van der Waals surface area contributed by atoms with Crippen LogP contribution < -0.4 is 5.73 Å². The molecule has 1 fully saturated rings. The molecule has 2 aliphatic heterocycles. The Labute approximate surface area is 156 Å². The first kappa shape index (κ1) is 18.7. The van der Waals surface area contributed by atoms with Crippen LogP contribution in [-0.4, -0.2) is 32.7 Å². The summed E-state index contributed by atoms with van der Waals surface area (Å²) in [7, 11) is 0. The Balaban J connectivity index is 1.43. The molecule has 0 aliphatic carbocycles. The first-order chi connectivity index (χ1) is 12.7. The number of imidazole rings is 1. The highest BCUT2D eigenvalue weighted by molar-refractivity contribution is 7.99. The molecule has 0 radical (unpaired) electrons. The highest BCUT2D eigenvalue weighted by atomic mass is 32.2. The third-order valence-corrected chi connectivity index (χ3v) is 6.57. The lowest BCUT2D eigenvalue weighted by molar-refractivity contribution is -0.144. The maximum Gasteiger partial charge on any atom is 0.449 e. The number of hydrogen-bond donors (Lipinski definition) is 2. The van der Waals surface area contributed by atoms with E-state index >= 15 is 0 Å². The van der Waals surface area contributed by atoms with Gasteiger partial charge in [0.2, 0.25) is 5.82 Å². The Hall–Kier alpha value is -1.65. The van der Waals surface area contributed by atoms with Crippen molar-refractivity contribution in [3.8, 4) is 0 Å². The van der Waals surface area contributed by atoms with E-state index in [1.54, 1.807) is 0 Å². The topological polar surface area (TPSA) is 57.9 Å². The van der Waals surface area contributed by atoms with Crippen LogP contribution in [0.4, 0.5) is 22.0 Å². The van der Waals surface area contributed by atoms with Crippen LogP contribution >= 0.6 is 11.8 Å². The van der Waals surface area contributed by atoms with E-state index in [1.165, 1.54) is 17.8 Å². The average Bonchev–Trinajstić information content (AvgIpc) is 3.16. The molecule has 3 heterocycles. The van der Waals surface area contributed by atoms with Crippen molar-refractivity contribution in [1.82, 2.24) is 14.9 Å². The molecule has 4 rings (SSSR count). The number of nitrogens with zero attached hydrogens (tertiary/aromatic N) is 2. The van der Waals surface area contributed by atoms with Crippen molar-refractivity contribution in [2.24, 2.45) is 5.73 Å². The first-order valence-electron chi connectivity index (χ1n) is 8.43. The van der Waals surface area contributed by atoms with Gasteiger partial charge in [0.15, 0.2) is 0 Å². The fourth-order valence-electron chi connectivity index (χ4n) is 3.70. The van der Waals surface area contributed by atoms with Gasteiger partial charge in [0, 0.05) is 41.7 Å². The number of benzene rings is 1. The van der Waals surface area contributed by atoms with Gasteiger partial charge in [0.25, 0.3) is 0 Å². The number of alkyl halides is 3. The van der Waals surface area contributed by atoms with Gasteiger partial charge < -0.3 is 10.7 Å². The van der Waals surface area contributed by atoms with Crippen molar-refractivity contribution in [2.75, 3.05) is 5.75 Å². The van der Waals surface area contributed by atoms with E-state index in [4.69, 9.17) is 5.73 Å². The zero-order chi connectivity index (χ0) is 19.3. The maximum atomic E-state index is 14.0. The second kappa shape index (κ2) is 6.75. The second-order valence-corrected chi connectivity index (χ2v) is 8.06. The molecule has 0 amide bonds. The van der Waals surface area contributed by atoms with E-state index in [0.29, 0.717) is 36.7 Å². The van der Waals surface area contributed by atoms with Crippen LogP contribution in [0, 0.1) is 11.6 Å². The van der Waals surface area contributed by atoms with Gasteiger partial charge >= 0.3 is 6.18 Å². The minimum atomic E-state index is -4.49.